The Morgan fingerprint density at radius 3 is 2.86 bits per heavy atom. The molecule has 1 heterocycles. The van der Waals surface area contributed by atoms with E-state index in [4.69, 9.17) is 22.1 Å². The minimum absolute atomic E-state index is 0.193. The van der Waals surface area contributed by atoms with Crippen LogP contribution < -0.4 is 15.4 Å². The summed E-state index contributed by atoms with van der Waals surface area (Å²) in [4.78, 5) is 2.29. The largest absolute Gasteiger partial charge is 0.486 e. The molecule has 1 aliphatic heterocycles. The fraction of sp³-hybridized carbons (Fsp3) is 0.294. The first-order chi connectivity index (χ1) is 10.2. The molecule has 0 aliphatic carbocycles. The highest BCUT2D eigenvalue weighted by atomic mass is 35.5. The molecular formula is C17H19ClN2O. The van der Waals surface area contributed by atoms with Gasteiger partial charge in [0.2, 0.25) is 0 Å². The summed E-state index contributed by atoms with van der Waals surface area (Å²) in [5.41, 5.74) is 9.07. The van der Waals surface area contributed by atoms with Crippen LogP contribution in [0.1, 0.15) is 18.9 Å². The van der Waals surface area contributed by atoms with Crippen LogP contribution >= 0.6 is 11.6 Å². The van der Waals surface area contributed by atoms with E-state index < -0.39 is 0 Å². The number of anilines is 2. The zero-order valence-corrected chi connectivity index (χ0v) is 12.8. The normalized spacial score (nSPS) is 17.2. The summed E-state index contributed by atoms with van der Waals surface area (Å²) < 4.78 is 6.01. The number of para-hydroxylation sites is 1. The van der Waals surface area contributed by atoms with Gasteiger partial charge < -0.3 is 15.4 Å². The first-order valence-corrected chi connectivity index (χ1v) is 7.59. The molecule has 4 heteroatoms. The van der Waals surface area contributed by atoms with E-state index in [1.165, 1.54) is 5.56 Å². The molecule has 0 saturated carbocycles. The van der Waals surface area contributed by atoms with Crippen LogP contribution in [0.3, 0.4) is 0 Å². The van der Waals surface area contributed by atoms with Gasteiger partial charge in [-0.3, -0.25) is 0 Å². The van der Waals surface area contributed by atoms with Crippen LogP contribution in [0.15, 0.2) is 42.5 Å². The molecule has 0 fully saturated rings. The van der Waals surface area contributed by atoms with Crippen molar-refractivity contribution >= 4 is 23.0 Å². The standard InChI is InChI=1S/C17H19ClN2O/c1-2-14-11-20(10-12-5-3-6-13(18)9-12)17-15(19)7-4-8-16(17)21-14/h3-9,14H,2,10-11,19H2,1H3. The van der Waals surface area contributed by atoms with Crippen LogP contribution in [0.2, 0.25) is 5.02 Å². The number of nitrogen functional groups attached to an aromatic ring is 1. The number of benzene rings is 2. The lowest BCUT2D eigenvalue weighted by atomic mass is 10.1. The van der Waals surface area contributed by atoms with Crippen LogP contribution in [-0.2, 0) is 6.54 Å². The van der Waals surface area contributed by atoms with E-state index >= 15 is 0 Å². The second-order valence-corrected chi connectivity index (χ2v) is 5.79. The molecule has 21 heavy (non-hydrogen) atoms. The Kier molecular flexibility index (Phi) is 3.93. The van der Waals surface area contributed by atoms with Gasteiger partial charge in [0, 0.05) is 11.6 Å². The van der Waals surface area contributed by atoms with Gasteiger partial charge in [-0.15, -0.1) is 0 Å². The van der Waals surface area contributed by atoms with Crippen molar-refractivity contribution < 1.29 is 4.74 Å². The van der Waals surface area contributed by atoms with E-state index in [-0.39, 0.29) is 6.10 Å². The predicted octanol–water partition coefficient (Wildman–Crippen LogP) is 4.10. The van der Waals surface area contributed by atoms with Crippen molar-refractivity contribution in [2.24, 2.45) is 0 Å². The van der Waals surface area contributed by atoms with E-state index in [1.54, 1.807) is 0 Å². The molecule has 0 saturated heterocycles. The van der Waals surface area contributed by atoms with Crippen molar-refractivity contribution in [3.05, 3.63) is 53.1 Å². The van der Waals surface area contributed by atoms with Crippen molar-refractivity contribution in [3.63, 3.8) is 0 Å². The number of nitrogens with zero attached hydrogens (tertiary/aromatic N) is 1. The topological polar surface area (TPSA) is 38.5 Å². The number of halogens is 1. The number of fused-ring (bicyclic) bond motifs is 1. The zero-order valence-electron chi connectivity index (χ0n) is 12.1. The van der Waals surface area contributed by atoms with Crippen LogP contribution in [0.4, 0.5) is 11.4 Å². The molecule has 0 radical (unpaired) electrons. The van der Waals surface area contributed by atoms with Gasteiger partial charge in [-0.05, 0) is 36.2 Å². The number of ether oxygens (including phenoxy) is 1. The van der Waals surface area contributed by atoms with E-state index in [1.807, 2.05) is 36.4 Å². The van der Waals surface area contributed by atoms with Gasteiger partial charge in [0.05, 0.1) is 12.2 Å². The van der Waals surface area contributed by atoms with Crippen molar-refractivity contribution in [2.75, 3.05) is 17.2 Å². The number of nitrogens with two attached hydrogens (primary N) is 1. The number of hydrogen-bond donors (Lipinski definition) is 1. The maximum absolute atomic E-state index is 6.15. The lowest BCUT2D eigenvalue weighted by molar-refractivity contribution is 0.189. The molecule has 0 bridgehead atoms. The zero-order chi connectivity index (χ0) is 14.8. The van der Waals surface area contributed by atoms with Crippen LogP contribution in [0, 0.1) is 0 Å². The Hall–Kier alpha value is -1.87. The molecule has 1 unspecified atom stereocenters. The van der Waals surface area contributed by atoms with Crippen molar-refractivity contribution in [1.82, 2.24) is 0 Å². The van der Waals surface area contributed by atoms with Crippen molar-refractivity contribution in [2.45, 2.75) is 26.0 Å². The summed E-state index contributed by atoms with van der Waals surface area (Å²) in [7, 11) is 0. The second kappa shape index (κ2) is 5.86. The van der Waals surface area contributed by atoms with Crippen molar-refractivity contribution in [1.29, 1.82) is 0 Å². The summed E-state index contributed by atoms with van der Waals surface area (Å²) in [6.07, 6.45) is 1.17. The van der Waals surface area contributed by atoms with Gasteiger partial charge in [-0.1, -0.05) is 36.7 Å². The van der Waals surface area contributed by atoms with Gasteiger partial charge in [0.15, 0.2) is 0 Å². The highest BCUT2D eigenvalue weighted by Gasteiger charge is 2.26. The summed E-state index contributed by atoms with van der Waals surface area (Å²) in [5.74, 6) is 0.870. The molecule has 1 atom stereocenters. The summed E-state index contributed by atoms with van der Waals surface area (Å²) >= 11 is 6.08. The molecule has 2 N–H and O–H groups in total. The first-order valence-electron chi connectivity index (χ1n) is 7.22. The highest BCUT2D eigenvalue weighted by molar-refractivity contribution is 6.30. The van der Waals surface area contributed by atoms with E-state index in [0.29, 0.717) is 0 Å². The molecule has 2 aromatic rings. The molecule has 3 rings (SSSR count). The lowest BCUT2D eigenvalue weighted by Gasteiger charge is -2.37. The molecule has 1 aliphatic rings. The van der Waals surface area contributed by atoms with E-state index in [2.05, 4.69) is 17.9 Å². The molecule has 0 spiro atoms. The lowest BCUT2D eigenvalue weighted by Crippen LogP contribution is -2.39. The van der Waals surface area contributed by atoms with Gasteiger partial charge in [0.1, 0.15) is 17.5 Å². The van der Waals surface area contributed by atoms with Crippen LogP contribution in [0.5, 0.6) is 5.75 Å². The third-order valence-electron chi connectivity index (χ3n) is 3.78. The first kappa shape index (κ1) is 14.1. The monoisotopic (exact) mass is 302 g/mol. The average Bonchev–Trinajstić information content (AvgIpc) is 2.47. The third kappa shape index (κ3) is 2.93. The molecule has 110 valence electrons. The fourth-order valence-electron chi connectivity index (χ4n) is 2.74. The number of rotatable bonds is 3. The Bertz CT molecular complexity index is 644. The molecule has 0 amide bonds. The van der Waals surface area contributed by atoms with Crippen LogP contribution in [0.25, 0.3) is 0 Å². The number of hydrogen-bond acceptors (Lipinski definition) is 3. The summed E-state index contributed by atoms with van der Waals surface area (Å²) in [6, 6.07) is 13.8. The van der Waals surface area contributed by atoms with Crippen LogP contribution in [-0.4, -0.2) is 12.6 Å². The maximum Gasteiger partial charge on any atom is 0.145 e. The Balaban J connectivity index is 1.94. The smallest absolute Gasteiger partial charge is 0.145 e. The summed E-state index contributed by atoms with van der Waals surface area (Å²) in [5, 5.41) is 0.758. The molecule has 3 nitrogen and oxygen atoms in total. The van der Waals surface area contributed by atoms with Gasteiger partial charge in [-0.25, -0.2) is 0 Å². The Morgan fingerprint density at radius 2 is 2.10 bits per heavy atom. The minimum Gasteiger partial charge on any atom is -0.486 e. The third-order valence-corrected chi connectivity index (χ3v) is 4.02. The SMILES string of the molecule is CCC1CN(Cc2cccc(Cl)c2)c2c(N)cccc2O1. The minimum atomic E-state index is 0.193. The van der Waals surface area contributed by atoms with E-state index in [9.17, 15) is 0 Å². The second-order valence-electron chi connectivity index (χ2n) is 5.35. The Morgan fingerprint density at radius 1 is 1.29 bits per heavy atom. The highest BCUT2D eigenvalue weighted by Crippen LogP contribution is 2.39. The quantitative estimate of drug-likeness (QED) is 0.868. The molecule has 0 aromatic heterocycles. The Labute approximate surface area is 130 Å². The van der Waals surface area contributed by atoms with Gasteiger partial charge in [0.25, 0.3) is 0 Å². The fourth-order valence-corrected chi connectivity index (χ4v) is 2.95. The summed E-state index contributed by atoms with van der Waals surface area (Å²) in [6.45, 7) is 3.76. The van der Waals surface area contributed by atoms with Gasteiger partial charge in [-0.2, -0.15) is 0 Å². The molecule has 2 aromatic carbocycles. The average molecular weight is 303 g/mol. The van der Waals surface area contributed by atoms with Gasteiger partial charge >= 0.3 is 0 Å². The van der Waals surface area contributed by atoms with E-state index in [0.717, 1.165) is 41.7 Å². The molecular weight excluding hydrogens is 284 g/mol. The predicted molar refractivity (Wildman–Crippen MR) is 88.1 cm³/mol. The maximum atomic E-state index is 6.15. The van der Waals surface area contributed by atoms with Crippen molar-refractivity contribution in [3.8, 4) is 5.75 Å².